The van der Waals surface area contributed by atoms with E-state index in [1.165, 1.54) is 0 Å². The van der Waals surface area contributed by atoms with Crippen molar-refractivity contribution in [1.82, 2.24) is 10.2 Å². The monoisotopic (exact) mass is 234 g/mol. The van der Waals surface area contributed by atoms with Crippen molar-refractivity contribution in [3.63, 3.8) is 0 Å². The van der Waals surface area contributed by atoms with Crippen molar-refractivity contribution >= 4 is 5.78 Å². The Hall–Kier alpha value is -1.39. The summed E-state index contributed by atoms with van der Waals surface area (Å²) in [6.07, 6.45) is 1.09. The summed E-state index contributed by atoms with van der Waals surface area (Å²) in [4.78, 5) is 14.2. The Morgan fingerprint density at radius 1 is 1.24 bits per heavy atom. The highest BCUT2D eigenvalue weighted by molar-refractivity contribution is 5.97. The molecule has 0 saturated carbocycles. The van der Waals surface area contributed by atoms with Gasteiger partial charge in [0.25, 0.3) is 0 Å². The van der Waals surface area contributed by atoms with Crippen LogP contribution in [0.2, 0.25) is 0 Å². The van der Waals surface area contributed by atoms with Crippen LogP contribution in [0.15, 0.2) is 24.3 Å². The average Bonchev–Trinajstić information content (AvgIpc) is 2.58. The lowest BCUT2D eigenvalue weighted by Crippen LogP contribution is -2.33. The van der Waals surface area contributed by atoms with Gasteiger partial charge < -0.3 is 10.4 Å². The van der Waals surface area contributed by atoms with Crippen LogP contribution in [0.3, 0.4) is 0 Å². The van der Waals surface area contributed by atoms with E-state index in [-0.39, 0.29) is 11.5 Å². The van der Waals surface area contributed by atoms with E-state index in [2.05, 4.69) is 10.2 Å². The second-order valence-electron chi connectivity index (χ2n) is 4.35. The molecule has 1 aliphatic rings. The lowest BCUT2D eigenvalue weighted by Gasteiger charge is -2.18. The van der Waals surface area contributed by atoms with Gasteiger partial charge in [0.1, 0.15) is 5.75 Å². The zero-order chi connectivity index (χ0) is 12.1. The summed E-state index contributed by atoms with van der Waals surface area (Å²) in [5.41, 5.74) is 0.667. The van der Waals surface area contributed by atoms with E-state index < -0.39 is 0 Å². The van der Waals surface area contributed by atoms with Crippen molar-refractivity contribution in [3.05, 3.63) is 29.8 Å². The Kier molecular flexibility index (Phi) is 4.12. The minimum atomic E-state index is 0.118. The first-order valence-corrected chi connectivity index (χ1v) is 6.01. The zero-order valence-corrected chi connectivity index (χ0v) is 9.85. The maximum atomic E-state index is 12.0. The van der Waals surface area contributed by atoms with Crippen LogP contribution in [0.25, 0.3) is 0 Å². The molecule has 0 spiro atoms. The number of nitrogens with zero attached hydrogens (tertiary/aromatic N) is 1. The van der Waals surface area contributed by atoms with Gasteiger partial charge in [-0.15, -0.1) is 0 Å². The molecule has 2 rings (SSSR count). The Morgan fingerprint density at radius 2 is 2.00 bits per heavy atom. The van der Waals surface area contributed by atoms with Crippen LogP contribution in [-0.2, 0) is 0 Å². The quantitative estimate of drug-likeness (QED) is 0.762. The molecule has 1 aromatic rings. The van der Waals surface area contributed by atoms with Crippen molar-refractivity contribution in [3.8, 4) is 5.75 Å². The smallest absolute Gasteiger partial charge is 0.176 e. The molecule has 17 heavy (non-hydrogen) atoms. The largest absolute Gasteiger partial charge is 0.508 e. The number of carbonyl (C=O) groups excluding carboxylic acids is 1. The number of rotatable bonds is 3. The molecule has 92 valence electrons. The number of benzene rings is 1. The minimum absolute atomic E-state index is 0.118. The molecule has 0 aromatic heterocycles. The van der Waals surface area contributed by atoms with Crippen molar-refractivity contribution in [2.75, 3.05) is 32.7 Å². The number of hydrogen-bond donors (Lipinski definition) is 2. The summed E-state index contributed by atoms with van der Waals surface area (Å²) < 4.78 is 0. The van der Waals surface area contributed by atoms with Crippen LogP contribution in [0.5, 0.6) is 5.75 Å². The molecular weight excluding hydrogens is 216 g/mol. The predicted molar refractivity (Wildman–Crippen MR) is 66.4 cm³/mol. The highest BCUT2D eigenvalue weighted by Gasteiger charge is 2.13. The van der Waals surface area contributed by atoms with Gasteiger partial charge in [-0.1, -0.05) is 0 Å². The molecule has 0 bridgehead atoms. The number of ketones is 1. The molecule has 2 N–H and O–H groups in total. The molecule has 0 amide bonds. The molecule has 4 nitrogen and oxygen atoms in total. The molecule has 0 radical (unpaired) electrons. The second kappa shape index (κ2) is 5.80. The first-order chi connectivity index (χ1) is 8.25. The zero-order valence-electron chi connectivity index (χ0n) is 9.85. The molecule has 1 fully saturated rings. The third-order valence-corrected chi connectivity index (χ3v) is 2.99. The van der Waals surface area contributed by atoms with E-state index in [9.17, 15) is 4.79 Å². The normalized spacial score (nSPS) is 17.6. The van der Waals surface area contributed by atoms with Crippen molar-refractivity contribution < 1.29 is 9.90 Å². The van der Waals surface area contributed by atoms with E-state index in [1.807, 2.05) is 0 Å². The molecule has 1 saturated heterocycles. The second-order valence-corrected chi connectivity index (χ2v) is 4.35. The van der Waals surface area contributed by atoms with E-state index in [1.54, 1.807) is 24.3 Å². The molecule has 1 heterocycles. The fourth-order valence-electron chi connectivity index (χ4n) is 2.00. The van der Waals surface area contributed by atoms with Crippen molar-refractivity contribution in [2.24, 2.45) is 0 Å². The van der Waals surface area contributed by atoms with Gasteiger partial charge in [0.05, 0.1) is 6.54 Å². The topological polar surface area (TPSA) is 52.6 Å². The van der Waals surface area contributed by atoms with Gasteiger partial charge in [0.15, 0.2) is 5.78 Å². The SMILES string of the molecule is O=C(CN1CCCNCC1)c1ccc(O)cc1. The number of hydrogen-bond acceptors (Lipinski definition) is 4. The predicted octanol–water partition coefficient (Wildman–Crippen LogP) is 0.870. The summed E-state index contributed by atoms with van der Waals surface area (Å²) in [6, 6.07) is 6.45. The fraction of sp³-hybridized carbons (Fsp3) is 0.462. The van der Waals surface area contributed by atoms with Crippen LogP contribution in [0.4, 0.5) is 0 Å². The number of Topliss-reactive ketones (excluding diaryl/α,β-unsaturated/α-hetero) is 1. The summed E-state index contributed by atoms with van der Waals surface area (Å²) >= 11 is 0. The van der Waals surface area contributed by atoms with Gasteiger partial charge in [-0.2, -0.15) is 0 Å². The molecule has 4 heteroatoms. The van der Waals surface area contributed by atoms with Gasteiger partial charge >= 0.3 is 0 Å². The Balaban J connectivity index is 1.93. The summed E-state index contributed by atoms with van der Waals surface area (Å²) in [7, 11) is 0. The molecule has 0 unspecified atom stereocenters. The minimum Gasteiger partial charge on any atom is -0.508 e. The van der Waals surface area contributed by atoms with E-state index in [0.29, 0.717) is 12.1 Å². The first-order valence-electron chi connectivity index (χ1n) is 6.01. The highest BCUT2D eigenvalue weighted by atomic mass is 16.3. The van der Waals surface area contributed by atoms with Crippen LogP contribution in [0, 0.1) is 0 Å². The van der Waals surface area contributed by atoms with Gasteiger partial charge in [0.2, 0.25) is 0 Å². The molecular formula is C13H18N2O2. The van der Waals surface area contributed by atoms with Gasteiger partial charge in [-0.05, 0) is 43.8 Å². The van der Waals surface area contributed by atoms with Crippen molar-refractivity contribution in [1.29, 1.82) is 0 Å². The molecule has 0 atom stereocenters. The summed E-state index contributed by atoms with van der Waals surface area (Å²) in [5.74, 6) is 0.312. The number of aromatic hydroxyl groups is 1. The van der Waals surface area contributed by atoms with Gasteiger partial charge in [-0.25, -0.2) is 0 Å². The van der Waals surface area contributed by atoms with Crippen LogP contribution < -0.4 is 5.32 Å². The average molecular weight is 234 g/mol. The number of carbonyl (C=O) groups is 1. The standard InChI is InChI=1S/C13H18N2O2/c16-12-4-2-11(3-5-12)13(17)10-15-8-1-6-14-7-9-15/h2-5,14,16H,1,6-10H2. The maximum absolute atomic E-state index is 12.0. The van der Waals surface area contributed by atoms with Crippen LogP contribution in [0.1, 0.15) is 16.8 Å². The van der Waals surface area contributed by atoms with Crippen LogP contribution >= 0.6 is 0 Å². The fourth-order valence-corrected chi connectivity index (χ4v) is 2.00. The van der Waals surface area contributed by atoms with E-state index >= 15 is 0 Å². The molecule has 1 aromatic carbocycles. The van der Waals surface area contributed by atoms with Gasteiger partial charge in [0, 0.05) is 18.7 Å². The summed E-state index contributed by atoms with van der Waals surface area (Å²) in [5, 5.41) is 12.5. The third kappa shape index (κ3) is 3.54. The van der Waals surface area contributed by atoms with E-state index in [4.69, 9.17) is 5.11 Å². The van der Waals surface area contributed by atoms with Gasteiger partial charge in [-0.3, -0.25) is 9.69 Å². The number of nitrogens with one attached hydrogen (secondary N) is 1. The van der Waals surface area contributed by atoms with Crippen LogP contribution in [-0.4, -0.2) is 48.5 Å². The van der Waals surface area contributed by atoms with Crippen molar-refractivity contribution in [2.45, 2.75) is 6.42 Å². The van der Waals surface area contributed by atoms with E-state index in [0.717, 1.165) is 32.6 Å². The lowest BCUT2D eigenvalue weighted by molar-refractivity contribution is 0.0935. The lowest BCUT2D eigenvalue weighted by atomic mass is 10.1. The molecule has 0 aliphatic carbocycles. The first kappa shape index (κ1) is 12.1. The Labute approximate surface area is 101 Å². The Morgan fingerprint density at radius 3 is 2.76 bits per heavy atom. The summed E-state index contributed by atoms with van der Waals surface area (Å²) in [6.45, 7) is 4.33. The third-order valence-electron chi connectivity index (χ3n) is 2.99. The maximum Gasteiger partial charge on any atom is 0.176 e. The number of phenolic OH excluding ortho intramolecular Hbond substituents is 1. The highest BCUT2D eigenvalue weighted by Crippen LogP contribution is 2.10. The Bertz CT molecular complexity index is 368. The molecule has 1 aliphatic heterocycles. The number of phenols is 1.